The molecule has 136 valence electrons. The maximum Gasteiger partial charge on any atom is 0.244 e. The van der Waals surface area contributed by atoms with Gasteiger partial charge in [-0.2, -0.15) is 0 Å². The molecule has 4 atom stereocenters. The normalized spacial score (nSPS) is 33.7. The predicted octanol–water partition coefficient (Wildman–Crippen LogP) is 2.59. The molecule has 0 spiro atoms. The zero-order chi connectivity index (χ0) is 17.6. The summed E-state index contributed by atoms with van der Waals surface area (Å²) < 4.78 is 11.3. The minimum Gasteiger partial charge on any atom is -0.495 e. The highest BCUT2D eigenvalue weighted by Gasteiger charge is 2.59. The van der Waals surface area contributed by atoms with Crippen LogP contribution in [0.1, 0.15) is 33.1 Å². The van der Waals surface area contributed by atoms with Crippen molar-refractivity contribution in [2.75, 3.05) is 25.2 Å². The number of anilines is 1. The van der Waals surface area contributed by atoms with Crippen molar-refractivity contribution < 1.29 is 14.3 Å². The van der Waals surface area contributed by atoms with E-state index in [4.69, 9.17) is 9.47 Å². The van der Waals surface area contributed by atoms with Gasteiger partial charge in [0.2, 0.25) is 5.91 Å². The van der Waals surface area contributed by atoms with Crippen LogP contribution in [0.2, 0.25) is 0 Å². The molecule has 4 rings (SSSR count). The van der Waals surface area contributed by atoms with Gasteiger partial charge in [-0.1, -0.05) is 26.0 Å². The third-order valence-electron chi connectivity index (χ3n) is 6.30. The molecule has 1 amide bonds. The molecule has 1 N–H and O–H groups in total. The zero-order valence-electron chi connectivity index (χ0n) is 15.3. The Balaban J connectivity index is 1.51. The van der Waals surface area contributed by atoms with Gasteiger partial charge in [-0.05, 0) is 31.4 Å². The van der Waals surface area contributed by atoms with Crippen LogP contribution in [-0.2, 0) is 9.53 Å². The number of nitrogens with one attached hydrogen (secondary N) is 1. The molecule has 0 radical (unpaired) electrons. The molecule has 1 aliphatic carbocycles. The summed E-state index contributed by atoms with van der Waals surface area (Å²) in [6.07, 6.45) is 3.34. The predicted molar refractivity (Wildman–Crippen MR) is 96.9 cm³/mol. The van der Waals surface area contributed by atoms with E-state index in [0.29, 0.717) is 18.1 Å². The smallest absolute Gasteiger partial charge is 0.244 e. The number of hydrogen-bond donors (Lipinski definition) is 1. The lowest BCUT2D eigenvalue weighted by molar-refractivity contribution is -0.131. The first-order valence-corrected chi connectivity index (χ1v) is 9.36. The van der Waals surface area contributed by atoms with Crippen molar-refractivity contribution in [1.82, 2.24) is 5.32 Å². The van der Waals surface area contributed by atoms with Gasteiger partial charge >= 0.3 is 0 Å². The van der Waals surface area contributed by atoms with E-state index < -0.39 is 0 Å². The minimum atomic E-state index is -0.121. The molecule has 5 heteroatoms. The van der Waals surface area contributed by atoms with E-state index in [1.54, 1.807) is 7.11 Å². The van der Waals surface area contributed by atoms with Crippen LogP contribution in [0.3, 0.4) is 0 Å². The fourth-order valence-corrected chi connectivity index (χ4v) is 5.00. The molecule has 2 saturated heterocycles. The van der Waals surface area contributed by atoms with Crippen LogP contribution in [0.25, 0.3) is 0 Å². The number of carbonyl (C=O) groups is 1. The quantitative estimate of drug-likeness (QED) is 0.912. The Kier molecular flexibility index (Phi) is 4.24. The van der Waals surface area contributed by atoms with Crippen molar-refractivity contribution in [3.63, 3.8) is 0 Å². The number of benzene rings is 1. The van der Waals surface area contributed by atoms with E-state index in [0.717, 1.165) is 43.9 Å². The van der Waals surface area contributed by atoms with E-state index in [9.17, 15) is 4.79 Å². The summed E-state index contributed by atoms with van der Waals surface area (Å²) in [5.41, 5.74) is 0.963. The molecule has 5 nitrogen and oxygen atoms in total. The maximum atomic E-state index is 13.1. The second-order valence-electron chi connectivity index (χ2n) is 8.07. The number of piperidine rings is 1. The Labute approximate surface area is 149 Å². The second-order valence-corrected chi connectivity index (χ2v) is 8.07. The van der Waals surface area contributed by atoms with Gasteiger partial charge in [-0.25, -0.2) is 0 Å². The summed E-state index contributed by atoms with van der Waals surface area (Å²) in [6, 6.07) is 8.00. The van der Waals surface area contributed by atoms with Crippen LogP contribution >= 0.6 is 0 Å². The fourth-order valence-electron chi connectivity index (χ4n) is 5.00. The number of rotatable bonds is 4. The van der Waals surface area contributed by atoms with Crippen molar-refractivity contribution in [2.24, 2.45) is 11.3 Å². The van der Waals surface area contributed by atoms with E-state index in [-0.39, 0.29) is 17.4 Å². The highest BCUT2D eigenvalue weighted by Crippen LogP contribution is 2.52. The number of carbonyl (C=O) groups excluding carboxylic acids is 1. The lowest BCUT2D eigenvalue weighted by atomic mass is 9.57. The molecule has 1 aromatic carbocycles. The number of amides is 1. The summed E-state index contributed by atoms with van der Waals surface area (Å²) in [5.74, 6) is 1.46. The van der Waals surface area contributed by atoms with Crippen molar-refractivity contribution in [3.05, 3.63) is 24.3 Å². The Hall–Kier alpha value is -1.59. The first-order chi connectivity index (χ1) is 12.0. The lowest BCUT2D eigenvalue weighted by Gasteiger charge is -2.56. The standard InChI is InChI=1S/C20H28N2O3/c1-20(2)17(13-10-12-25-18(13)20)21-14-7-6-11-22(19(14)23)15-8-4-5-9-16(15)24-3/h4-5,8-9,13-14,17-18,21H,6-7,10-12H2,1-3H3/t13-,14+,17-,18+/m1/s1. The minimum absolute atomic E-state index is 0.0914. The molecule has 2 heterocycles. The summed E-state index contributed by atoms with van der Waals surface area (Å²) >= 11 is 0. The topological polar surface area (TPSA) is 50.8 Å². The Morgan fingerprint density at radius 2 is 2.08 bits per heavy atom. The number of para-hydroxylation sites is 2. The first-order valence-electron chi connectivity index (χ1n) is 9.36. The molecular weight excluding hydrogens is 316 g/mol. The number of ether oxygens (including phenoxy) is 2. The van der Waals surface area contributed by atoms with Crippen molar-refractivity contribution in [3.8, 4) is 5.75 Å². The van der Waals surface area contributed by atoms with Crippen LogP contribution in [-0.4, -0.2) is 44.4 Å². The molecule has 25 heavy (non-hydrogen) atoms. The maximum absolute atomic E-state index is 13.1. The first kappa shape index (κ1) is 16.9. The van der Waals surface area contributed by atoms with Gasteiger partial charge < -0.3 is 19.7 Å². The summed E-state index contributed by atoms with van der Waals surface area (Å²) in [6.45, 7) is 6.11. The van der Waals surface area contributed by atoms with E-state index in [1.807, 2.05) is 29.2 Å². The SMILES string of the molecule is COc1ccccc1N1CCC[C@H](N[C@@H]2[C@H]3CCO[C@@H]3C2(C)C)C1=O. The number of hydrogen-bond acceptors (Lipinski definition) is 4. The van der Waals surface area contributed by atoms with Crippen molar-refractivity contribution >= 4 is 11.6 Å². The fraction of sp³-hybridized carbons (Fsp3) is 0.650. The highest BCUT2D eigenvalue weighted by molar-refractivity contribution is 5.99. The zero-order valence-corrected chi connectivity index (χ0v) is 15.3. The van der Waals surface area contributed by atoms with Gasteiger partial charge in [-0.15, -0.1) is 0 Å². The Bertz CT molecular complexity index is 660. The monoisotopic (exact) mass is 344 g/mol. The largest absolute Gasteiger partial charge is 0.495 e. The van der Waals surface area contributed by atoms with Crippen LogP contribution < -0.4 is 15.0 Å². The van der Waals surface area contributed by atoms with E-state index in [2.05, 4.69) is 19.2 Å². The molecular formula is C20H28N2O3. The highest BCUT2D eigenvalue weighted by atomic mass is 16.5. The summed E-state index contributed by atoms with van der Waals surface area (Å²) in [5, 5.41) is 3.69. The third kappa shape index (κ3) is 2.64. The van der Waals surface area contributed by atoms with E-state index >= 15 is 0 Å². The Morgan fingerprint density at radius 1 is 1.28 bits per heavy atom. The van der Waals surface area contributed by atoms with Gasteiger partial charge in [-0.3, -0.25) is 4.79 Å². The average Bonchev–Trinajstić information content (AvgIpc) is 3.08. The average molecular weight is 344 g/mol. The van der Waals surface area contributed by atoms with Gasteiger partial charge in [0.15, 0.2) is 0 Å². The molecule has 1 aromatic rings. The molecule has 2 aliphatic heterocycles. The number of fused-ring (bicyclic) bond motifs is 1. The molecule has 3 fully saturated rings. The summed E-state index contributed by atoms with van der Waals surface area (Å²) in [7, 11) is 1.65. The molecule has 0 unspecified atom stereocenters. The van der Waals surface area contributed by atoms with Gasteiger partial charge in [0.1, 0.15) is 5.75 Å². The number of methoxy groups -OCH3 is 1. The van der Waals surface area contributed by atoms with Crippen LogP contribution in [0, 0.1) is 11.3 Å². The summed E-state index contributed by atoms with van der Waals surface area (Å²) in [4.78, 5) is 15.0. The van der Waals surface area contributed by atoms with Gasteiger partial charge in [0, 0.05) is 30.5 Å². The van der Waals surface area contributed by atoms with Crippen molar-refractivity contribution in [1.29, 1.82) is 0 Å². The molecule has 0 bridgehead atoms. The number of nitrogens with zero attached hydrogens (tertiary/aromatic N) is 1. The van der Waals surface area contributed by atoms with Crippen LogP contribution in [0.5, 0.6) is 5.75 Å². The second kappa shape index (κ2) is 6.29. The van der Waals surface area contributed by atoms with Crippen LogP contribution in [0.15, 0.2) is 24.3 Å². The van der Waals surface area contributed by atoms with E-state index in [1.165, 1.54) is 0 Å². The third-order valence-corrected chi connectivity index (χ3v) is 6.30. The lowest BCUT2D eigenvalue weighted by Crippen LogP contribution is -2.69. The van der Waals surface area contributed by atoms with Gasteiger partial charge in [0.05, 0.1) is 24.9 Å². The van der Waals surface area contributed by atoms with Gasteiger partial charge in [0.25, 0.3) is 0 Å². The van der Waals surface area contributed by atoms with Crippen molar-refractivity contribution in [2.45, 2.75) is 51.3 Å². The molecule has 0 aromatic heterocycles. The Morgan fingerprint density at radius 3 is 2.88 bits per heavy atom. The molecule has 1 saturated carbocycles. The molecule has 3 aliphatic rings. The van der Waals surface area contributed by atoms with Crippen LogP contribution in [0.4, 0.5) is 5.69 Å².